The zero-order valence-corrected chi connectivity index (χ0v) is 9.18. The fourth-order valence-corrected chi connectivity index (χ4v) is 1.01. The fourth-order valence-electron chi connectivity index (χ4n) is 1.01. The first-order valence-corrected chi connectivity index (χ1v) is 4.92. The smallest absolute Gasteiger partial charge is 0.244 e. The Bertz CT molecular complexity index is 405. The van der Waals surface area contributed by atoms with E-state index in [2.05, 4.69) is 5.32 Å². The molecule has 0 aliphatic rings. The number of nitrogens with one attached hydrogen (secondary N) is 1. The average Bonchev–Trinajstić information content (AvgIpc) is 2.23. The number of rotatable bonds is 3. The molecule has 1 unspecified atom stereocenters. The van der Waals surface area contributed by atoms with E-state index >= 15 is 0 Å². The Hall–Kier alpha value is -1.49. The van der Waals surface area contributed by atoms with Gasteiger partial charge in [0.1, 0.15) is 0 Å². The molecule has 1 aromatic carbocycles. The maximum atomic E-state index is 12.9. The third-order valence-electron chi connectivity index (χ3n) is 2.43. The van der Waals surface area contributed by atoms with Gasteiger partial charge in [0.25, 0.3) is 0 Å². The van der Waals surface area contributed by atoms with Gasteiger partial charge in [0.15, 0.2) is 11.6 Å². The second-order valence-electron chi connectivity index (χ2n) is 3.85. The van der Waals surface area contributed by atoms with Gasteiger partial charge < -0.3 is 11.1 Å². The molecule has 0 aliphatic heterocycles. The molecule has 0 radical (unpaired) electrons. The summed E-state index contributed by atoms with van der Waals surface area (Å²) in [6.45, 7) is 3.34. The average molecular weight is 228 g/mol. The van der Waals surface area contributed by atoms with E-state index in [1.165, 1.54) is 6.07 Å². The maximum Gasteiger partial charge on any atom is 0.244 e. The van der Waals surface area contributed by atoms with Crippen molar-refractivity contribution in [2.75, 3.05) is 5.32 Å². The van der Waals surface area contributed by atoms with Crippen LogP contribution in [0.25, 0.3) is 0 Å². The largest absolute Gasteiger partial charge is 0.324 e. The fraction of sp³-hybridized carbons (Fsp3) is 0.364. The van der Waals surface area contributed by atoms with Crippen molar-refractivity contribution in [3.63, 3.8) is 0 Å². The van der Waals surface area contributed by atoms with E-state index in [4.69, 9.17) is 5.73 Å². The van der Waals surface area contributed by atoms with Crippen LogP contribution in [0.1, 0.15) is 20.3 Å². The molecule has 1 atom stereocenters. The Labute approximate surface area is 92.6 Å². The molecule has 0 saturated heterocycles. The van der Waals surface area contributed by atoms with E-state index in [0.717, 1.165) is 12.1 Å². The van der Waals surface area contributed by atoms with Crippen LogP contribution in [-0.2, 0) is 4.79 Å². The summed E-state index contributed by atoms with van der Waals surface area (Å²) >= 11 is 0. The Kier molecular flexibility index (Phi) is 3.59. The summed E-state index contributed by atoms with van der Waals surface area (Å²) in [6, 6.07) is 3.14. The maximum absolute atomic E-state index is 12.9. The first kappa shape index (κ1) is 12.6. The SMILES string of the molecule is CCC(C)(N)C(=O)Nc1ccc(F)c(F)c1. The summed E-state index contributed by atoms with van der Waals surface area (Å²) in [7, 11) is 0. The van der Waals surface area contributed by atoms with Crippen LogP contribution in [-0.4, -0.2) is 11.4 Å². The molecule has 0 fully saturated rings. The number of carbonyl (C=O) groups is 1. The standard InChI is InChI=1S/C11H14F2N2O/c1-3-11(2,14)10(16)15-7-4-5-8(12)9(13)6-7/h4-6H,3,14H2,1-2H3,(H,15,16). The molecule has 0 aliphatic carbocycles. The molecule has 0 bridgehead atoms. The summed E-state index contributed by atoms with van der Waals surface area (Å²) in [6.07, 6.45) is 0.447. The van der Waals surface area contributed by atoms with Crippen LogP contribution in [0, 0.1) is 11.6 Å². The van der Waals surface area contributed by atoms with Crippen molar-refractivity contribution in [3.05, 3.63) is 29.8 Å². The molecule has 0 saturated carbocycles. The van der Waals surface area contributed by atoms with Crippen molar-refractivity contribution in [2.24, 2.45) is 5.73 Å². The van der Waals surface area contributed by atoms with Gasteiger partial charge in [-0.1, -0.05) is 6.92 Å². The summed E-state index contributed by atoms with van der Waals surface area (Å²) in [5.74, 6) is -2.39. The molecular formula is C11H14F2N2O. The van der Waals surface area contributed by atoms with Crippen LogP contribution < -0.4 is 11.1 Å². The van der Waals surface area contributed by atoms with Crippen molar-refractivity contribution in [2.45, 2.75) is 25.8 Å². The van der Waals surface area contributed by atoms with E-state index in [-0.39, 0.29) is 5.69 Å². The number of nitrogens with two attached hydrogens (primary N) is 1. The molecule has 3 N–H and O–H groups in total. The summed E-state index contributed by atoms with van der Waals surface area (Å²) < 4.78 is 25.5. The lowest BCUT2D eigenvalue weighted by atomic mass is 9.99. The van der Waals surface area contributed by atoms with Crippen LogP contribution in [0.5, 0.6) is 0 Å². The second kappa shape index (κ2) is 4.57. The lowest BCUT2D eigenvalue weighted by Gasteiger charge is -2.21. The number of benzene rings is 1. The van der Waals surface area contributed by atoms with E-state index in [1.807, 2.05) is 0 Å². The van der Waals surface area contributed by atoms with Crippen molar-refractivity contribution in [1.29, 1.82) is 0 Å². The molecule has 1 amide bonds. The van der Waals surface area contributed by atoms with Gasteiger partial charge in [-0.2, -0.15) is 0 Å². The topological polar surface area (TPSA) is 55.1 Å². The zero-order chi connectivity index (χ0) is 12.3. The number of halogens is 2. The predicted octanol–water partition coefficient (Wildman–Crippen LogP) is 2.03. The third kappa shape index (κ3) is 2.76. The van der Waals surface area contributed by atoms with Crippen molar-refractivity contribution in [1.82, 2.24) is 0 Å². The molecule has 3 nitrogen and oxygen atoms in total. The Morgan fingerprint density at radius 2 is 2.06 bits per heavy atom. The Balaban J connectivity index is 2.82. The molecule has 0 spiro atoms. The third-order valence-corrected chi connectivity index (χ3v) is 2.43. The first-order chi connectivity index (χ1) is 7.36. The highest BCUT2D eigenvalue weighted by atomic mass is 19.2. The first-order valence-electron chi connectivity index (χ1n) is 4.92. The van der Waals surface area contributed by atoms with Gasteiger partial charge in [-0.15, -0.1) is 0 Å². The van der Waals surface area contributed by atoms with Crippen LogP contribution in [0.2, 0.25) is 0 Å². The Morgan fingerprint density at radius 1 is 1.44 bits per heavy atom. The van der Waals surface area contributed by atoms with E-state index in [1.54, 1.807) is 13.8 Å². The molecular weight excluding hydrogens is 214 g/mol. The van der Waals surface area contributed by atoms with Gasteiger partial charge in [0.2, 0.25) is 5.91 Å². The van der Waals surface area contributed by atoms with Crippen LogP contribution >= 0.6 is 0 Å². The van der Waals surface area contributed by atoms with Crippen molar-refractivity contribution < 1.29 is 13.6 Å². The second-order valence-corrected chi connectivity index (χ2v) is 3.85. The minimum atomic E-state index is -1.02. The quantitative estimate of drug-likeness (QED) is 0.831. The van der Waals surface area contributed by atoms with Gasteiger partial charge in [-0.3, -0.25) is 4.79 Å². The highest BCUT2D eigenvalue weighted by Crippen LogP contribution is 2.15. The number of hydrogen-bond donors (Lipinski definition) is 2. The molecule has 5 heteroatoms. The van der Waals surface area contributed by atoms with Crippen LogP contribution in [0.3, 0.4) is 0 Å². The van der Waals surface area contributed by atoms with Crippen molar-refractivity contribution >= 4 is 11.6 Å². The van der Waals surface area contributed by atoms with E-state index in [9.17, 15) is 13.6 Å². The molecule has 1 rings (SSSR count). The normalized spacial score (nSPS) is 14.3. The summed E-state index contributed by atoms with van der Waals surface area (Å²) in [4.78, 5) is 11.6. The van der Waals surface area contributed by atoms with E-state index in [0.29, 0.717) is 6.42 Å². The molecule has 16 heavy (non-hydrogen) atoms. The van der Waals surface area contributed by atoms with Gasteiger partial charge in [-0.25, -0.2) is 8.78 Å². The lowest BCUT2D eigenvalue weighted by Crippen LogP contribution is -2.47. The predicted molar refractivity (Wildman–Crippen MR) is 57.9 cm³/mol. The van der Waals surface area contributed by atoms with E-state index < -0.39 is 23.1 Å². The minimum Gasteiger partial charge on any atom is -0.324 e. The highest BCUT2D eigenvalue weighted by Gasteiger charge is 2.25. The van der Waals surface area contributed by atoms with Crippen LogP contribution in [0.4, 0.5) is 14.5 Å². The summed E-state index contributed by atoms with van der Waals surface area (Å²) in [5, 5.41) is 2.43. The van der Waals surface area contributed by atoms with Gasteiger partial charge >= 0.3 is 0 Å². The summed E-state index contributed by atoms with van der Waals surface area (Å²) in [5.41, 5.74) is 4.86. The molecule has 0 aromatic heterocycles. The van der Waals surface area contributed by atoms with Gasteiger partial charge in [-0.05, 0) is 25.5 Å². The molecule has 88 valence electrons. The lowest BCUT2D eigenvalue weighted by molar-refractivity contribution is -0.120. The van der Waals surface area contributed by atoms with Gasteiger partial charge in [0, 0.05) is 11.8 Å². The zero-order valence-electron chi connectivity index (χ0n) is 9.18. The van der Waals surface area contributed by atoms with Gasteiger partial charge in [0.05, 0.1) is 5.54 Å². The monoisotopic (exact) mass is 228 g/mol. The number of hydrogen-bond acceptors (Lipinski definition) is 2. The van der Waals surface area contributed by atoms with Crippen molar-refractivity contribution in [3.8, 4) is 0 Å². The number of anilines is 1. The number of carbonyl (C=O) groups excluding carboxylic acids is 1. The highest BCUT2D eigenvalue weighted by molar-refractivity contribution is 5.97. The Morgan fingerprint density at radius 3 is 2.56 bits per heavy atom. The number of amides is 1. The minimum absolute atomic E-state index is 0.189. The molecule has 1 aromatic rings. The molecule has 0 heterocycles. The van der Waals surface area contributed by atoms with Crippen LogP contribution in [0.15, 0.2) is 18.2 Å².